The minimum atomic E-state index is -4.55. The van der Waals surface area contributed by atoms with Crippen molar-refractivity contribution in [1.82, 2.24) is 9.97 Å². The van der Waals surface area contributed by atoms with Gasteiger partial charge in [-0.25, -0.2) is 4.98 Å². The second-order valence-electron chi connectivity index (χ2n) is 6.61. The van der Waals surface area contributed by atoms with Gasteiger partial charge >= 0.3 is 6.18 Å². The van der Waals surface area contributed by atoms with Crippen LogP contribution in [0.3, 0.4) is 0 Å². The van der Waals surface area contributed by atoms with Gasteiger partial charge in [0.2, 0.25) is 11.9 Å². The van der Waals surface area contributed by atoms with E-state index in [0.717, 1.165) is 17.1 Å². The topological polar surface area (TPSA) is 88.2 Å². The summed E-state index contributed by atoms with van der Waals surface area (Å²) in [5, 5.41) is 8.42. The van der Waals surface area contributed by atoms with Crippen LogP contribution in [0.5, 0.6) is 5.75 Å². The highest BCUT2D eigenvalue weighted by Crippen LogP contribution is 2.23. The number of aryl methyl sites for hydroxylation is 1. The molecule has 0 unspecified atom stereocenters. The highest BCUT2D eigenvalue weighted by Gasteiger charge is 2.31. The van der Waals surface area contributed by atoms with Gasteiger partial charge in [-0.3, -0.25) is 4.79 Å². The molecule has 0 fully saturated rings. The van der Waals surface area contributed by atoms with Crippen molar-refractivity contribution in [1.29, 1.82) is 0 Å². The van der Waals surface area contributed by atoms with Gasteiger partial charge in [0.05, 0.1) is 7.11 Å². The van der Waals surface area contributed by atoms with Crippen LogP contribution in [0.25, 0.3) is 0 Å². The van der Waals surface area contributed by atoms with Crippen molar-refractivity contribution in [3.8, 4) is 5.75 Å². The Kier molecular flexibility index (Phi) is 6.58. The molecule has 1 heterocycles. The van der Waals surface area contributed by atoms with Crippen LogP contribution in [-0.4, -0.2) is 29.2 Å². The SMILES string of the molecule is COc1ccc(Nc2cc(C)nc(Nc3ccc(NC(=O)CC(F)(F)F)cc3)n2)cc1. The van der Waals surface area contributed by atoms with E-state index in [1.807, 2.05) is 31.2 Å². The largest absolute Gasteiger partial charge is 0.497 e. The summed E-state index contributed by atoms with van der Waals surface area (Å²) in [6.07, 6.45) is -6.08. The Morgan fingerprint density at radius 3 is 2.13 bits per heavy atom. The van der Waals surface area contributed by atoms with E-state index in [-0.39, 0.29) is 5.69 Å². The van der Waals surface area contributed by atoms with Gasteiger partial charge in [0, 0.05) is 28.8 Å². The molecule has 0 aliphatic heterocycles. The number of amides is 1. The molecule has 2 aromatic carbocycles. The highest BCUT2D eigenvalue weighted by atomic mass is 19.4. The minimum absolute atomic E-state index is 0.256. The lowest BCUT2D eigenvalue weighted by molar-refractivity contribution is -0.150. The van der Waals surface area contributed by atoms with E-state index in [0.29, 0.717) is 17.5 Å². The molecule has 0 radical (unpaired) electrons. The number of hydrogen-bond acceptors (Lipinski definition) is 6. The van der Waals surface area contributed by atoms with Crippen LogP contribution in [0.2, 0.25) is 0 Å². The van der Waals surface area contributed by atoms with Gasteiger partial charge in [-0.2, -0.15) is 18.2 Å². The summed E-state index contributed by atoms with van der Waals surface area (Å²) < 4.78 is 41.9. The molecule has 0 saturated heterocycles. The Labute approximate surface area is 176 Å². The number of benzene rings is 2. The molecular formula is C21H20F3N5O2. The molecule has 1 amide bonds. The number of rotatable bonds is 7. The number of nitrogens with one attached hydrogen (secondary N) is 3. The van der Waals surface area contributed by atoms with Crippen molar-refractivity contribution >= 4 is 34.7 Å². The molecule has 0 saturated carbocycles. The normalized spacial score (nSPS) is 11.0. The molecule has 3 aromatic rings. The molecule has 0 bridgehead atoms. The predicted molar refractivity (Wildman–Crippen MR) is 112 cm³/mol. The summed E-state index contributed by atoms with van der Waals surface area (Å²) in [6.45, 7) is 1.82. The van der Waals surface area contributed by atoms with Gasteiger partial charge in [0.25, 0.3) is 0 Å². The molecule has 1 aromatic heterocycles. The summed E-state index contributed by atoms with van der Waals surface area (Å²) in [4.78, 5) is 20.1. The van der Waals surface area contributed by atoms with Crippen LogP contribution < -0.4 is 20.7 Å². The maximum Gasteiger partial charge on any atom is 0.397 e. The Balaban J connectivity index is 1.66. The molecule has 0 spiro atoms. The number of aromatic nitrogens is 2. The first-order chi connectivity index (χ1) is 14.7. The molecule has 7 nitrogen and oxygen atoms in total. The fourth-order valence-electron chi connectivity index (χ4n) is 2.66. The number of nitrogens with zero attached hydrogens (tertiary/aromatic N) is 2. The first-order valence-corrected chi connectivity index (χ1v) is 9.21. The Hall–Kier alpha value is -3.82. The maximum atomic E-state index is 12.3. The molecule has 3 rings (SSSR count). The molecule has 0 aliphatic rings. The molecule has 31 heavy (non-hydrogen) atoms. The lowest BCUT2D eigenvalue weighted by Gasteiger charge is -2.11. The predicted octanol–water partition coefficient (Wildman–Crippen LogP) is 5.17. The third-order valence-corrected chi connectivity index (χ3v) is 4.00. The van der Waals surface area contributed by atoms with E-state index < -0.39 is 18.5 Å². The third kappa shape index (κ3) is 6.88. The van der Waals surface area contributed by atoms with Gasteiger partial charge in [0.1, 0.15) is 18.0 Å². The maximum absolute atomic E-state index is 12.3. The molecule has 162 valence electrons. The van der Waals surface area contributed by atoms with Gasteiger partial charge in [-0.1, -0.05) is 0 Å². The van der Waals surface area contributed by atoms with Crippen LogP contribution >= 0.6 is 0 Å². The summed E-state index contributed by atoms with van der Waals surface area (Å²) >= 11 is 0. The summed E-state index contributed by atoms with van der Waals surface area (Å²) in [7, 11) is 1.59. The fraction of sp³-hybridized carbons (Fsp3) is 0.190. The highest BCUT2D eigenvalue weighted by molar-refractivity contribution is 5.91. The second-order valence-corrected chi connectivity index (χ2v) is 6.61. The Morgan fingerprint density at radius 1 is 0.935 bits per heavy atom. The fourth-order valence-corrected chi connectivity index (χ4v) is 2.66. The zero-order valence-corrected chi connectivity index (χ0v) is 16.7. The van der Waals surface area contributed by atoms with Crippen molar-refractivity contribution < 1.29 is 22.7 Å². The lowest BCUT2D eigenvalue weighted by Crippen LogP contribution is -2.21. The summed E-state index contributed by atoms with van der Waals surface area (Å²) in [6, 6.07) is 15.3. The second kappa shape index (κ2) is 9.33. The van der Waals surface area contributed by atoms with Crippen molar-refractivity contribution in [3.63, 3.8) is 0 Å². The van der Waals surface area contributed by atoms with Gasteiger partial charge < -0.3 is 20.7 Å². The first kappa shape index (κ1) is 21.9. The zero-order chi connectivity index (χ0) is 22.4. The first-order valence-electron chi connectivity index (χ1n) is 9.21. The number of hydrogen-bond donors (Lipinski definition) is 3. The van der Waals surface area contributed by atoms with Crippen molar-refractivity contribution in [2.75, 3.05) is 23.1 Å². The van der Waals surface area contributed by atoms with E-state index in [1.165, 1.54) is 12.1 Å². The van der Waals surface area contributed by atoms with Gasteiger partial charge in [-0.05, 0) is 55.5 Å². The summed E-state index contributed by atoms with van der Waals surface area (Å²) in [5.41, 5.74) is 2.41. The number of ether oxygens (including phenoxy) is 1. The molecule has 10 heteroatoms. The smallest absolute Gasteiger partial charge is 0.397 e. The number of alkyl halides is 3. The zero-order valence-electron chi connectivity index (χ0n) is 16.7. The Bertz CT molecular complexity index is 1040. The van der Waals surface area contributed by atoms with Crippen LogP contribution in [-0.2, 0) is 4.79 Å². The quantitative estimate of drug-likeness (QED) is 0.478. The average Bonchev–Trinajstić information content (AvgIpc) is 2.68. The van der Waals surface area contributed by atoms with E-state index in [9.17, 15) is 18.0 Å². The minimum Gasteiger partial charge on any atom is -0.497 e. The van der Waals surface area contributed by atoms with Crippen molar-refractivity contribution in [2.45, 2.75) is 19.5 Å². The standard InChI is InChI=1S/C21H20F3N5O2/c1-13-11-18(26-14-7-9-17(31-2)10-8-14)29-20(25-13)28-16-5-3-15(4-6-16)27-19(30)12-21(22,23)24/h3-11H,12H2,1-2H3,(H,27,30)(H2,25,26,28,29). The van der Waals surface area contributed by atoms with Crippen molar-refractivity contribution in [3.05, 3.63) is 60.3 Å². The van der Waals surface area contributed by atoms with Crippen LogP contribution in [0.4, 0.5) is 42.0 Å². The van der Waals surface area contributed by atoms with E-state index >= 15 is 0 Å². The number of halogens is 3. The van der Waals surface area contributed by atoms with E-state index in [1.54, 1.807) is 25.3 Å². The average molecular weight is 431 g/mol. The lowest BCUT2D eigenvalue weighted by atomic mass is 10.2. The van der Waals surface area contributed by atoms with E-state index in [2.05, 4.69) is 25.9 Å². The summed E-state index contributed by atoms with van der Waals surface area (Å²) in [5.74, 6) is 0.537. The van der Waals surface area contributed by atoms with Crippen molar-refractivity contribution in [2.24, 2.45) is 0 Å². The van der Waals surface area contributed by atoms with Crippen LogP contribution in [0.15, 0.2) is 54.6 Å². The van der Waals surface area contributed by atoms with Crippen LogP contribution in [0, 0.1) is 6.92 Å². The number of anilines is 5. The number of methoxy groups -OCH3 is 1. The molecular weight excluding hydrogens is 411 g/mol. The third-order valence-electron chi connectivity index (χ3n) is 4.00. The Morgan fingerprint density at radius 2 is 1.52 bits per heavy atom. The van der Waals surface area contributed by atoms with Gasteiger partial charge in [0.15, 0.2) is 0 Å². The monoisotopic (exact) mass is 431 g/mol. The molecule has 3 N–H and O–H groups in total. The number of carbonyl (C=O) groups excluding carboxylic acids is 1. The van der Waals surface area contributed by atoms with E-state index in [4.69, 9.17) is 4.74 Å². The van der Waals surface area contributed by atoms with Gasteiger partial charge in [-0.15, -0.1) is 0 Å². The number of carbonyl (C=O) groups is 1. The molecule has 0 aliphatic carbocycles. The molecule has 0 atom stereocenters. The van der Waals surface area contributed by atoms with Crippen LogP contribution in [0.1, 0.15) is 12.1 Å².